The lowest BCUT2D eigenvalue weighted by Gasteiger charge is -2.37. The molecule has 6 nitrogen and oxygen atoms in total. The van der Waals surface area contributed by atoms with Crippen molar-refractivity contribution in [2.45, 2.75) is 24.8 Å². The van der Waals surface area contributed by atoms with Gasteiger partial charge in [0.1, 0.15) is 12.2 Å². The van der Waals surface area contributed by atoms with Gasteiger partial charge in [0.25, 0.3) is 5.91 Å². The van der Waals surface area contributed by atoms with Gasteiger partial charge in [0.2, 0.25) is 0 Å². The third-order valence-corrected chi connectivity index (χ3v) is 3.95. The van der Waals surface area contributed by atoms with Gasteiger partial charge in [-0.25, -0.2) is 4.79 Å². The molecule has 20 heavy (non-hydrogen) atoms. The Hall–Kier alpha value is -1.92. The molecule has 106 valence electrons. The van der Waals surface area contributed by atoms with Gasteiger partial charge < -0.3 is 4.90 Å². The van der Waals surface area contributed by atoms with Crippen LogP contribution >= 0.6 is 0 Å². The fourth-order valence-corrected chi connectivity index (χ4v) is 2.83. The third-order valence-electron chi connectivity index (χ3n) is 3.95. The minimum absolute atomic E-state index is 0.0156. The Labute approximate surface area is 117 Å². The van der Waals surface area contributed by atoms with Crippen LogP contribution in [-0.2, 0) is 11.2 Å². The SMILES string of the molecule is CN1C(=O)C2NC(Cc3ccccc3)NC2N(C)C1=O. The summed E-state index contributed by atoms with van der Waals surface area (Å²) in [6.07, 6.45) is 0.477. The normalized spacial score (nSPS) is 29.8. The van der Waals surface area contributed by atoms with Crippen molar-refractivity contribution in [2.75, 3.05) is 14.1 Å². The fraction of sp³-hybridized carbons (Fsp3) is 0.429. The molecule has 2 N–H and O–H groups in total. The molecular formula is C14H18N4O2. The van der Waals surface area contributed by atoms with Crippen LogP contribution in [0.1, 0.15) is 5.56 Å². The number of hydrogen-bond donors (Lipinski definition) is 2. The van der Waals surface area contributed by atoms with Crippen molar-refractivity contribution in [2.24, 2.45) is 0 Å². The number of rotatable bonds is 2. The Bertz CT molecular complexity index is 533. The highest BCUT2D eigenvalue weighted by Gasteiger charge is 2.48. The van der Waals surface area contributed by atoms with E-state index in [0.29, 0.717) is 0 Å². The monoisotopic (exact) mass is 274 g/mol. The van der Waals surface area contributed by atoms with Crippen LogP contribution in [0.15, 0.2) is 30.3 Å². The van der Waals surface area contributed by atoms with E-state index in [1.807, 2.05) is 30.3 Å². The maximum atomic E-state index is 12.1. The maximum Gasteiger partial charge on any atom is 0.327 e. The highest BCUT2D eigenvalue weighted by Crippen LogP contribution is 2.19. The van der Waals surface area contributed by atoms with Gasteiger partial charge in [-0.3, -0.25) is 20.3 Å². The Kier molecular flexibility index (Phi) is 3.19. The van der Waals surface area contributed by atoms with Gasteiger partial charge in [0.05, 0.1) is 6.17 Å². The first-order valence-corrected chi connectivity index (χ1v) is 6.68. The van der Waals surface area contributed by atoms with E-state index < -0.39 is 0 Å². The van der Waals surface area contributed by atoms with Crippen LogP contribution in [-0.4, -0.2) is 54.2 Å². The molecule has 0 spiro atoms. The number of carbonyl (C=O) groups is 2. The van der Waals surface area contributed by atoms with Crippen molar-refractivity contribution in [3.05, 3.63) is 35.9 Å². The van der Waals surface area contributed by atoms with E-state index in [-0.39, 0.29) is 30.3 Å². The molecule has 6 heteroatoms. The maximum absolute atomic E-state index is 12.1. The molecule has 3 amide bonds. The van der Waals surface area contributed by atoms with Crippen LogP contribution in [0.4, 0.5) is 4.79 Å². The average Bonchev–Trinajstić information content (AvgIpc) is 2.88. The first kappa shape index (κ1) is 13.1. The van der Waals surface area contributed by atoms with Gasteiger partial charge >= 0.3 is 6.03 Å². The second-order valence-electron chi connectivity index (χ2n) is 5.29. The minimum atomic E-state index is -0.378. The predicted molar refractivity (Wildman–Crippen MR) is 73.7 cm³/mol. The van der Waals surface area contributed by atoms with Crippen molar-refractivity contribution >= 4 is 11.9 Å². The Morgan fingerprint density at radius 1 is 1.10 bits per heavy atom. The molecule has 0 aliphatic carbocycles. The smallest absolute Gasteiger partial charge is 0.310 e. The number of urea groups is 1. The van der Waals surface area contributed by atoms with E-state index >= 15 is 0 Å². The summed E-state index contributed by atoms with van der Waals surface area (Å²) in [7, 11) is 3.23. The molecule has 2 heterocycles. The van der Waals surface area contributed by atoms with Crippen molar-refractivity contribution in [3.63, 3.8) is 0 Å². The molecule has 0 aromatic heterocycles. The Morgan fingerprint density at radius 3 is 2.50 bits per heavy atom. The van der Waals surface area contributed by atoms with Crippen LogP contribution < -0.4 is 10.6 Å². The van der Waals surface area contributed by atoms with Crippen molar-refractivity contribution < 1.29 is 9.59 Å². The van der Waals surface area contributed by atoms with Crippen LogP contribution in [0, 0.1) is 0 Å². The molecule has 0 radical (unpaired) electrons. The summed E-state index contributed by atoms with van der Waals surface area (Å²) in [5, 5.41) is 6.60. The lowest BCUT2D eigenvalue weighted by Crippen LogP contribution is -2.64. The van der Waals surface area contributed by atoms with Crippen molar-refractivity contribution in [1.82, 2.24) is 20.4 Å². The summed E-state index contributed by atoms with van der Waals surface area (Å²) in [5.41, 5.74) is 1.19. The molecule has 0 saturated carbocycles. The van der Waals surface area contributed by atoms with Crippen LogP contribution in [0.25, 0.3) is 0 Å². The molecule has 1 aromatic carbocycles. The first-order chi connectivity index (χ1) is 9.58. The van der Waals surface area contributed by atoms with Crippen LogP contribution in [0.3, 0.4) is 0 Å². The van der Waals surface area contributed by atoms with Gasteiger partial charge in [0.15, 0.2) is 0 Å². The number of likely N-dealkylation sites (N-methyl/N-ethyl adjacent to an activating group) is 2. The molecule has 2 aliphatic rings. The number of nitrogens with zero attached hydrogens (tertiary/aromatic N) is 2. The van der Waals surface area contributed by atoms with Gasteiger partial charge in [0, 0.05) is 20.5 Å². The van der Waals surface area contributed by atoms with Gasteiger partial charge in [-0.1, -0.05) is 30.3 Å². The zero-order valence-corrected chi connectivity index (χ0v) is 11.5. The molecule has 3 atom stereocenters. The van der Waals surface area contributed by atoms with Crippen molar-refractivity contribution in [1.29, 1.82) is 0 Å². The van der Waals surface area contributed by atoms with Crippen molar-refractivity contribution in [3.8, 4) is 0 Å². The summed E-state index contributed by atoms with van der Waals surface area (Å²) in [4.78, 5) is 26.8. The number of amides is 3. The summed E-state index contributed by atoms with van der Waals surface area (Å²) in [5.74, 6) is -0.179. The quantitative estimate of drug-likeness (QED) is 0.795. The molecule has 0 bridgehead atoms. The topological polar surface area (TPSA) is 64.7 Å². The van der Waals surface area contributed by atoms with E-state index in [9.17, 15) is 9.59 Å². The molecule has 1 aromatic rings. The minimum Gasteiger partial charge on any atom is -0.310 e. The number of benzene rings is 1. The number of hydrogen-bond acceptors (Lipinski definition) is 4. The summed E-state index contributed by atoms with van der Waals surface area (Å²) < 4.78 is 0. The first-order valence-electron chi connectivity index (χ1n) is 6.68. The second kappa shape index (κ2) is 4.88. The van der Waals surface area contributed by atoms with Crippen LogP contribution in [0.2, 0.25) is 0 Å². The lowest BCUT2D eigenvalue weighted by molar-refractivity contribution is -0.133. The number of carbonyl (C=O) groups excluding carboxylic acids is 2. The van der Waals surface area contributed by atoms with Crippen LogP contribution in [0.5, 0.6) is 0 Å². The fourth-order valence-electron chi connectivity index (χ4n) is 2.83. The number of nitrogens with one attached hydrogen (secondary N) is 2. The highest BCUT2D eigenvalue weighted by molar-refractivity contribution is 6.00. The van der Waals surface area contributed by atoms with E-state index in [2.05, 4.69) is 10.6 Å². The standard InChI is InChI=1S/C14H18N4O2/c1-17-12-11(13(19)18(2)14(17)20)15-10(16-12)8-9-6-4-3-5-7-9/h3-7,10-12,15-16H,8H2,1-2H3. The largest absolute Gasteiger partial charge is 0.327 e. The van der Waals surface area contributed by atoms with Gasteiger partial charge in [-0.05, 0) is 5.56 Å². The highest BCUT2D eigenvalue weighted by atomic mass is 16.2. The summed E-state index contributed by atoms with van der Waals surface area (Å²) >= 11 is 0. The predicted octanol–water partition coefficient (Wildman–Crippen LogP) is -0.0335. The Morgan fingerprint density at radius 2 is 1.80 bits per heavy atom. The molecule has 2 aliphatic heterocycles. The molecule has 3 rings (SSSR count). The molecule has 3 unspecified atom stereocenters. The second-order valence-corrected chi connectivity index (χ2v) is 5.29. The zero-order chi connectivity index (χ0) is 14.3. The average molecular weight is 274 g/mol. The van der Waals surface area contributed by atoms with E-state index in [1.54, 1.807) is 11.9 Å². The summed E-state index contributed by atoms with van der Waals surface area (Å²) in [6, 6.07) is 9.41. The number of fused-ring (bicyclic) bond motifs is 1. The zero-order valence-electron chi connectivity index (χ0n) is 11.5. The van der Waals surface area contributed by atoms with Gasteiger partial charge in [-0.15, -0.1) is 0 Å². The Balaban J connectivity index is 1.75. The third kappa shape index (κ3) is 2.07. The lowest BCUT2D eigenvalue weighted by atomic mass is 10.1. The van der Waals surface area contributed by atoms with E-state index in [0.717, 1.165) is 6.42 Å². The van der Waals surface area contributed by atoms with E-state index in [4.69, 9.17) is 0 Å². The summed E-state index contributed by atoms with van der Waals surface area (Å²) in [6.45, 7) is 0. The molecule has 2 fully saturated rings. The number of imide groups is 1. The molecular weight excluding hydrogens is 256 g/mol. The van der Waals surface area contributed by atoms with E-state index in [1.165, 1.54) is 17.5 Å². The molecule has 2 saturated heterocycles. The van der Waals surface area contributed by atoms with Gasteiger partial charge in [-0.2, -0.15) is 0 Å².